The smallest absolute Gasteiger partial charge is 0.134 e. The third-order valence-electron chi connectivity index (χ3n) is 4.63. The molecule has 0 spiro atoms. The molecule has 0 aliphatic rings. The van der Waals surface area contributed by atoms with E-state index in [4.69, 9.17) is 0 Å². The molecule has 2 nitrogen and oxygen atoms in total. The van der Waals surface area contributed by atoms with Crippen LogP contribution in [0.1, 0.15) is 16.7 Å². The van der Waals surface area contributed by atoms with E-state index in [2.05, 4.69) is 151 Å². The van der Waals surface area contributed by atoms with Gasteiger partial charge in [0.15, 0.2) is 0 Å². The SMILES string of the molecule is Ic1ccc(CSc2cnnc(SCc3ccc(I)cc3)c2SCc2ccc(I)cc2)cc1. The Hall–Kier alpha value is -0.0200. The summed E-state index contributed by atoms with van der Waals surface area (Å²) in [5, 5.41) is 9.91. The number of thioether (sulfide) groups is 3. The number of benzene rings is 3. The van der Waals surface area contributed by atoms with Gasteiger partial charge in [0.1, 0.15) is 5.03 Å². The van der Waals surface area contributed by atoms with E-state index in [1.807, 2.05) is 29.7 Å². The van der Waals surface area contributed by atoms with Crippen LogP contribution in [0.5, 0.6) is 0 Å². The van der Waals surface area contributed by atoms with Gasteiger partial charge in [-0.05, 0) is 121 Å². The zero-order valence-electron chi connectivity index (χ0n) is 17.4. The molecular formula is C25H19I3N2S3. The van der Waals surface area contributed by atoms with Crippen molar-refractivity contribution in [1.82, 2.24) is 10.2 Å². The zero-order chi connectivity index (χ0) is 23.0. The van der Waals surface area contributed by atoms with Crippen LogP contribution >= 0.6 is 103 Å². The van der Waals surface area contributed by atoms with Gasteiger partial charge in [-0.3, -0.25) is 0 Å². The van der Waals surface area contributed by atoms with Gasteiger partial charge in [0, 0.05) is 32.9 Å². The first-order valence-corrected chi connectivity index (χ1v) is 16.2. The van der Waals surface area contributed by atoms with Crippen LogP contribution in [-0.2, 0) is 17.3 Å². The molecule has 0 fully saturated rings. The maximum absolute atomic E-state index is 4.54. The molecule has 33 heavy (non-hydrogen) atoms. The van der Waals surface area contributed by atoms with Crippen molar-refractivity contribution in [3.8, 4) is 0 Å². The second-order valence-electron chi connectivity index (χ2n) is 7.09. The Morgan fingerprint density at radius 3 is 1.45 bits per heavy atom. The molecule has 4 rings (SSSR count). The summed E-state index contributed by atoms with van der Waals surface area (Å²) in [7, 11) is 0. The predicted octanol–water partition coefficient (Wildman–Crippen LogP) is 9.17. The topological polar surface area (TPSA) is 25.8 Å². The highest BCUT2D eigenvalue weighted by Gasteiger charge is 2.14. The lowest BCUT2D eigenvalue weighted by Gasteiger charge is -2.13. The Kier molecular flexibility index (Phi) is 10.5. The summed E-state index contributed by atoms with van der Waals surface area (Å²) < 4.78 is 3.77. The summed E-state index contributed by atoms with van der Waals surface area (Å²) >= 11 is 12.5. The minimum atomic E-state index is 0.883. The largest absolute Gasteiger partial charge is 0.157 e. The third kappa shape index (κ3) is 8.26. The fourth-order valence-corrected chi connectivity index (χ4v) is 7.30. The molecule has 0 aliphatic heterocycles. The molecule has 0 aliphatic carbocycles. The molecule has 0 saturated heterocycles. The van der Waals surface area contributed by atoms with E-state index in [0.717, 1.165) is 22.3 Å². The van der Waals surface area contributed by atoms with Crippen molar-refractivity contribution in [2.45, 2.75) is 32.1 Å². The van der Waals surface area contributed by atoms with Crippen molar-refractivity contribution in [2.24, 2.45) is 0 Å². The number of rotatable bonds is 9. The molecule has 0 atom stereocenters. The standard InChI is InChI=1S/C25H19I3N2S3/c26-20-7-1-17(2-8-20)14-31-23-13-29-30-25(33-16-19-5-11-22(28)12-6-19)24(23)32-15-18-3-9-21(27)10-4-18/h1-13H,14-16H2. The van der Waals surface area contributed by atoms with Gasteiger partial charge in [-0.2, -0.15) is 5.10 Å². The van der Waals surface area contributed by atoms with Crippen LogP contribution in [0.25, 0.3) is 0 Å². The molecule has 0 bridgehead atoms. The van der Waals surface area contributed by atoms with E-state index < -0.39 is 0 Å². The Labute approximate surface area is 248 Å². The summed E-state index contributed by atoms with van der Waals surface area (Å²) in [5.41, 5.74) is 3.94. The highest BCUT2D eigenvalue weighted by atomic mass is 127. The summed E-state index contributed by atoms with van der Waals surface area (Å²) in [6, 6.07) is 26.2. The van der Waals surface area contributed by atoms with Gasteiger partial charge >= 0.3 is 0 Å². The molecule has 1 heterocycles. The van der Waals surface area contributed by atoms with E-state index in [1.54, 1.807) is 11.8 Å². The molecular weight excluding hydrogens is 805 g/mol. The fraction of sp³-hybridized carbons (Fsp3) is 0.120. The molecule has 0 saturated carbocycles. The number of hydrogen-bond acceptors (Lipinski definition) is 5. The van der Waals surface area contributed by atoms with Crippen molar-refractivity contribution < 1.29 is 0 Å². The van der Waals surface area contributed by atoms with Crippen molar-refractivity contribution in [2.75, 3.05) is 0 Å². The Morgan fingerprint density at radius 2 is 0.970 bits per heavy atom. The molecule has 4 aromatic rings. The summed E-state index contributed by atoms with van der Waals surface area (Å²) in [4.78, 5) is 2.43. The highest BCUT2D eigenvalue weighted by Crippen LogP contribution is 2.40. The molecule has 168 valence electrons. The van der Waals surface area contributed by atoms with Gasteiger partial charge in [-0.1, -0.05) is 48.2 Å². The second kappa shape index (κ2) is 13.3. The van der Waals surface area contributed by atoms with Gasteiger partial charge in [-0.25, -0.2) is 0 Å². The molecule has 0 N–H and O–H groups in total. The molecule has 8 heteroatoms. The number of nitrogens with zero attached hydrogens (tertiary/aromatic N) is 2. The first-order chi connectivity index (χ1) is 16.1. The predicted molar refractivity (Wildman–Crippen MR) is 168 cm³/mol. The Bertz CT molecular complexity index is 1120. The molecule has 0 amide bonds. The minimum absolute atomic E-state index is 0.883. The van der Waals surface area contributed by atoms with Crippen LogP contribution in [0, 0.1) is 10.7 Å². The van der Waals surface area contributed by atoms with Gasteiger partial charge in [-0.15, -0.1) is 28.6 Å². The van der Waals surface area contributed by atoms with Gasteiger partial charge in [0.25, 0.3) is 0 Å². The first-order valence-electron chi connectivity index (χ1n) is 10.0. The first kappa shape index (κ1) is 26.1. The third-order valence-corrected chi connectivity index (χ3v) is 10.4. The monoisotopic (exact) mass is 824 g/mol. The summed E-state index contributed by atoms with van der Waals surface area (Å²) in [6.07, 6.45) is 1.92. The van der Waals surface area contributed by atoms with Gasteiger partial charge in [0.05, 0.1) is 11.1 Å². The Morgan fingerprint density at radius 1 is 0.545 bits per heavy atom. The fourth-order valence-electron chi connectivity index (χ4n) is 2.88. The van der Waals surface area contributed by atoms with Crippen LogP contribution in [-0.4, -0.2) is 10.2 Å². The van der Waals surface area contributed by atoms with Crippen LogP contribution in [0.2, 0.25) is 0 Å². The lowest BCUT2D eigenvalue weighted by molar-refractivity contribution is 0.831. The number of halogens is 3. The molecule has 0 unspecified atom stereocenters. The van der Waals surface area contributed by atoms with Crippen LogP contribution in [0.4, 0.5) is 0 Å². The quantitative estimate of drug-likeness (QED) is 0.124. The van der Waals surface area contributed by atoms with Gasteiger partial charge in [0.2, 0.25) is 0 Å². The molecule has 0 radical (unpaired) electrons. The van der Waals surface area contributed by atoms with E-state index in [0.29, 0.717) is 0 Å². The normalized spacial score (nSPS) is 11.0. The van der Waals surface area contributed by atoms with Crippen molar-refractivity contribution in [3.05, 3.63) is 106 Å². The Balaban J connectivity index is 1.53. The second-order valence-corrected chi connectivity index (χ2v) is 13.8. The number of aromatic nitrogens is 2. The van der Waals surface area contributed by atoms with Gasteiger partial charge < -0.3 is 0 Å². The van der Waals surface area contributed by atoms with Crippen LogP contribution in [0.15, 0.2) is 93.8 Å². The number of hydrogen-bond donors (Lipinski definition) is 0. The van der Waals surface area contributed by atoms with E-state index in [1.165, 1.54) is 37.2 Å². The lowest BCUT2D eigenvalue weighted by atomic mass is 10.2. The van der Waals surface area contributed by atoms with Crippen molar-refractivity contribution in [1.29, 1.82) is 0 Å². The van der Waals surface area contributed by atoms with Crippen molar-refractivity contribution >= 4 is 103 Å². The summed E-state index contributed by atoms with van der Waals surface area (Å²) in [5.74, 6) is 2.71. The molecule has 3 aromatic carbocycles. The van der Waals surface area contributed by atoms with Crippen LogP contribution < -0.4 is 0 Å². The summed E-state index contributed by atoms with van der Waals surface area (Å²) in [6.45, 7) is 0. The highest BCUT2D eigenvalue weighted by molar-refractivity contribution is 14.1. The zero-order valence-corrected chi connectivity index (χ0v) is 26.3. The average molecular weight is 824 g/mol. The van der Waals surface area contributed by atoms with Crippen molar-refractivity contribution in [3.63, 3.8) is 0 Å². The van der Waals surface area contributed by atoms with E-state index in [9.17, 15) is 0 Å². The molecule has 1 aromatic heterocycles. The van der Waals surface area contributed by atoms with E-state index >= 15 is 0 Å². The van der Waals surface area contributed by atoms with Crippen LogP contribution in [0.3, 0.4) is 0 Å². The maximum atomic E-state index is 4.54. The maximum Gasteiger partial charge on any atom is 0.134 e. The van der Waals surface area contributed by atoms with E-state index in [-0.39, 0.29) is 0 Å². The lowest BCUT2D eigenvalue weighted by Crippen LogP contribution is -1.94. The minimum Gasteiger partial charge on any atom is -0.157 e. The average Bonchev–Trinajstić information content (AvgIpc) is 2.83.